The maximum absolute atomic E-state index is 12.1. The maximum Gasteiger partial charge on any atom is 0.234 e. The van der Waals surface area contributed by atoms with E-state index >= 15 is 0 Å². The number of amides is 1. The number of nitrogens with one attached hydrogen (secondary N) is 2. The van der Waals surface area contributed by atoms with Gasteiger partial charge in [-0.1, -0.05) is 13.0 Å². The third kappa shape index (κ3) is 5.77. The number of rotatable bonds is 8. The van der Waals surface area contributed by atoms with Gasteiger partial charge in [-0.2, -0.15) is 0 Å². The number of thiophene rings is 1. The van der Waals surface area contributed by atoms with Crippen molar-refractivity contribution >= 4 is 17.2 Å². The molecule has 1 amide bonds. The van der Waals surface area contributed by atoms with Crippen LogP contribution in [-0.2, 0) is 11.2 Å². The lowest BCUT2D eigenvalue weighted by atomic mass is 10.1. The highest BCUT2D eigenvalue weighted by molar-refractivity contribution is 7.09. The van der Waals surface area contributed by atoms with Crippen molar-refractivity contribution in [2.75, 3.05) is 32.7 Å². The molecular formula is C16H27N3OS. The standard InChI is InChI=1S/C16H27N3OS/c1-2-10-19(14-5-3-8-17-12-14)13-16(20)18-9-7-15-6-4-11-21-15/h4,6,11,14,17H,2-3,5,7-10,12-13H2,1H3,(H,18,20). The van der Waals surface area contributed by atoms with Crippen LogP contribution >= 0.6 is 11.3 Å². The highest BCUT2D eigenvalue weighted by Gasteiger charge is 2.21. The summed E-state index contributed by atoms with van der Waals surface area (Å²) in [5, 5.41) is 8.57. The normalized spacial score (nSPS) is 18.9. The average Bonchev–Trinajstić information content (AvgIpc) is 3.01. The average molecular weight is 309 g/mol. The van der Waals surface area contributed by atoms with Gasteiger partial charge in [-0.3, -0.25) is 9.69 Å². The monoisotopic (exact) mass is 309 g/mol. The van der Waals surface area contributed by atoms with Gasteiger partial charge in [0.25, 0.3) is 0 Å². The van der Waals surface area contributed by atoms with Crippen molar-refractivity contribution in [3.8, 4) is 0 Å². The molecule has 1 aliphatic heterocycles. The first kappa shape index (κ1) is 16.5. The molecule has 2 N–H and O–H groups in total. The highest BCUT2D eigenvalue weighted by atomic mass is 32.1. The number of hydrogen-bond donors (Lipinski definition) is 2. The molecule has 118 valence electrons. The summed E-state index contributed by atoms with van der Waals surface area (Å²) >= 11 is 1.75. The second-order valence-electron chi connectivity index (χ2n) is 5.65. The van der Waals surface area contributed by atoms with Gasteiger partial charge < -0.3 is 10.6 Å². The lowest BCUT2D eigenvalue weighted by Crippen LogP contribution is -2.49. The molecule has 2 heterocycles. The number of nitrogens with zero attached hydrogens (tertiary/aromatic N) is 1. The molecule has 0 bridgehead atoms. The van der Waals surface area contributed by atoms with Crippen LogP contribution in [0.1, 0.15) is 31.1 Å². The topological polar surface area (TPSA) is 44.4 Å². The van der Waals surface area contributed by atoms with E-state index in [1.54, 1.807) is 11.3 Å². The first-order valence-electron chi connectivity index (χ1n) is 8.03. The van der Waals surface area contributed by atoms with Gasteiger partial charge in [-0.25, -0.2) is 0 Å². The smallest absolute Gasteiger partial charge is 0.234 e. The predicted molar refractivity (Wildman–Crippen MR) is 88.8 cm³/mol. The fraction of sp³-hybridized carbons (Fsp3) is 0.688. The van der Waals surface area contributed by atoms with E-state index in [1.807, 2.05) is 0 Å². The first-order chi connectivity index (χ1) is 10.3. The lowest BCUT2D eigenvalue weighted by Gasteiger charge is -2.34. The number of carbonyl (C=O) groups is 1. The molecule has 5 heteroatoms. The van der Waals surface area contributed by atoms with Crippen molar-refractivity contribution in [3.63, 3.8) is 0 Å². The molecule has 21 heavy (non-hydrogen) atoms. The van der Waals surface area contributed by atoms with Crippen molar-refractivity contribution < 1.29 is 4.79 Å². The lowest BCUT2D eigenvalue weighted by molar-refractivity contribution is -0.122. The molecule has 0 radical (unpaired) electrons. The van der Waals surface area contributed by atoms with E-state index in [1.165, 1.54) is 17.7 Å². The van der Waals surface area contributed by atoms with E-state index in [4.69, 9.17) is 0 Å². The van der Waals surface area contributed by atoms with Crippen molar-refractivity contribution in [2.45, 2.75) is 38.6 Å². The van der Waals surface area contributed by atoms with E-state index in [0.717, 1.165) is 39.0 Å². The Bertz CT molecular complexity index is 402. The zero-order valence-corrected chi connectivity index (χ0v) is 13.8. The summed E-state index contributed by atoms with van der Waals surface area (Å²) in [6.45, 7) is 6.58. The molecule has 1 aromatic rings. The van der Waals surface area contributed by atoms with Gasteiger partial charge in [0, 0.05) is 24.0 Å². The van der Waals surface area contributed by atoms with Gasteiger partial charge in [0.1, 0.15) is 0 Å². The summed E-state index contributed by atoms with van der Waals surface area (Å²) in [5.41, 5.74) is 0. The fourth-order valence-electron chi connectivity index (χ4n) is 2.84. The largest absolute Gasteiger partial charge is 0.355 e. The van der Waals surface area contributed by atoms with Crippen molar-refractivity contribution in [1.82, 2.24) is 15.5 Å². The van der Waals surface area contributed by atoms with E-state index in [2.05, 4.69) is 40.0 Å². The minimum atomic E-state index is 0.158. The second kappa shape index (κ2) is 9.18. The number of carbonyl (C=O) groups excluding carboxylic acids is 1. The molecule has 4 nitrogen and oxygen atoms in total. The van der Waals surface area contributed by atoms with Crippen LogP contribution < -0.4 is 10.6 Å². The van der Waals surface area contributed by atoms with Crippen molar-refractivity contribution in [3.05, 3.63) is 22.4 Å². The molecule has 0 saturated carbocycles. The third-order valence-corrected chi connectivity index (χ3v) is 4.85. The summed E-state index contributed by atoms with van der Waals surface area (Å²) < 4.78 is 0. The van der Waals surface area contributed by atoms with Crippen LogP contribution in [-0.4, -0.2) is 49.6 Å². The van der Waals surface area contributed by atoms with Crippen molar-refractivity contribution in [1.29, 1.82) is 0 Å². The molecule has 1 saturated heterocycles. The van der Waals surface area contributed by atoms with Crippen LogP contribution in [0.5, 0.6) is 0 Å². The molecule has 1 unspecified atom stereocenters. The van der Waals surface area contributed by atoms with Crippen LogP contribution in [0.3, 0.4) is 0 Å². The molecule has 1 aromatic heterocycles. The minimum Gasteiger partial charge on any atom is -0.355 e. The highest BCUT2D eigenvalue weighted by Crippen LogP contribution is 2.11. The summed E-state index contributed by atoms with van der Waals surface area (Å²) in [5.74, 6) is 0.158. The van der Waals surface area contributed by atoms with Gasteiger partial charge in [-0.15, -0.1) is 11.3 Å². The Labute approximate surface area is 131 Å². The summed E-state index contributed by atoms with van der Waals surface area (Å²) in [7, 11) is 0. The van der Waals surface area contributed by atoms with Gasteiger partial charge >= 0.3 is 0 Å². The zero-order valence-electron chi connectivity index (χ0n) is 12.9. The van der Waals surface area contributed by atoms with Crippen LogP contribution in [0.2, 0.25) is 0 Å². The first-order valence-corrected chi connectivity index (χ1v) is 8.91. The molecule has 1 aliphatic rings. The maximum atomic E-state index is 12.1. The molecule has 0 aliphatic carbocycles. The van der Waals surface area contributed by atoms with Gasteiger partial charge in [0.05, 0.1) is 6.54 Å². The molecule has 0 aromatic carbocycles. The van der Waals surface area contributed by atoms with Crippen LogP contribution in [0.4, 0.5) is 0 Å². The fourth-order valence-corrected chi connectivity index (χ4v) is 3.55. The summed E-state index contributed by atoms with van der Waals surface area (Å²) in [6, 6.07) is 4.69. The third-order valence-electron chi connectivity index (χ3n) is 3.92. The zero-order chi connectivity index (χ0) is 14.9. The Hall–Kier alpha value is -0.910. The van der Waals surface area contributed by atoms with E-state index < -0.39 is 0 Å². The molecule has 2 rings (SSSR count). The van der Waals surface area contributed by atoms with Gasteiger partial charge in [-0.05, 0) is 50.2 Å². The second-order valence-corrected chi connectivity index (χ2v) is 6.68. The Morgan fingerprint density at radius 3 is 3.14 bits per heavy atom. The molecule has 1 fully saturated rings. The Kier molecular flexibility index (Phi) is 7.19. The Balaban J connectivity index is 1.72. The SMILES string of the molecule is CCCN(CC(=O)NCCc1cccs1)C1CCCNC1. The molecule has 1 atom stereocenters. The summed E-state index contributed by atoms with van der Waals surface area (Å²) in [6.07, 6.45) is 4.45. The van der Waals surface area contributed by atoms with Crippen LogP contribution in [0, 0.1) is 0 Å². The van der Waals surface area contributed by atoms with E-state index in [-0.39, 0.29) is 5.91 Å². The van der Waals surface area contributed by atoms with E-state index in [9.17, 15) is 4.79 Å². The van der Waals surface area contributed by atoms with Gasteiger partial charge in [0.15, 0.2) is 0 Å². The quantitative estimate of drug-likeness (QED) is 0.770. The Morgan fingerprint density at radius 2 is 2.48 bits per heavy atom. The number of hydrogen-bond acceptors (Lipinski definition) is 4. The van der Waals surface area contributed by atoms with Crippen LogP contribution in [0.25, 0.3) is 0 Å². The predicted octanol–water partition coefficient (Wildman–Crippen LogP) is 1.87. The van der Waals surface area contributed by atoms with Crippen molar-refractivity contribution in [2.24, 2.45) is 0 Å². The van der Waals surface area contributed by atoms with E-state index in [0.29, 0.717) is 12.6 Å². The Morgan fingerprint density at radius 1 is 1.57 bits per heavy atom. The summed E-state index contributed by atoms with van der Waals surface area (Å²) in [4.78, 5) is 15.8. The molecule has 0 spiro atoms. The molecular weight excluding hydrogens is 282 g/mol. The van der Waals surface area contributed by atoms with Crippen LogP contribution in [0.15, 0.2) is 17.5 Å². The minimum absolute atomic E-state index is 0.158. The van der Waals surface area contributed by atoms with Gasteiger partial charge in [0.2, 0.25) is 5.91 Å². The number of piperidine rings is 1.